The minimum absolute atomic E-state index is 0.155. The van der Waals surface area contributed by atoms with Crippen LogP contribution >= 0.6 is 0 Å². The van der Waals surface area contributed by atoms with E-state index in [1.807, 2.05) is 19.1 Å². The smallest absolute Gasteiger partial charge is 0.256 e. The second kappa shape index (κ2) is 5.42. The van der Waals surface area contributed by atoms with Crippen LogP contribution in [0.15, 0.2) is 42.6 Å². The fourth-order valence-corrected chi connectivity index (χ4v) is 1.56. The summed E-state index contributed by atoms with van der Waals surface area (Å²) in [5.74, 6) is 0.161. The van der Waals surface area contributed by atoms with Crippen LogP contribution in [0.1, 0.15) is 21.5 Å². The van der Waals surface area contributed by atoms with E-state index in [0.717, 1.165) is 5.56 Å². The maximum absolute atomic E-state index is 12.0. The molecule has 0 fully saturated rings. The Kier molecular flexibility index (Phi) is 3.69. The number of benzene rings is 1. The molecule has 0 aliphatic heterocycles. The largest absolute Gasteiger partial charge is 0.392 e. The molecule has 0 saturated heterocycles. The number of hydrogen-bond acceptors (Lipinski definition) is 3. The first-order chi connectivity index (χ1) is 8.70. The molecule has 1 aromatic carbocycles. The van der Waals surface area contributed by atoms with E-state index in [4.69, 9.17) is 5.11 Å². The molecule has 0 saturated carbocycles. The molecule has 0 bridgehead atoms. The van der Waals surface area contributed by atoms with Crippen LogP contribution in [0.3, 0.4) is 0 Å². The predicted molar refractivity (Wildman–Crippen MR) is 69.3 cm³/mol. The molecule has 0 spiro atoms. The second-order valence-electron chi connectivity index (χ2n) is 3.99. The van der Waals surface area contributed by atoms with Crippen LogP contribution < -0.4 is 5.32 Å². The van der Waals surface area contributed by atoms with Crippen molar-refractivity contribution in [1.29, 1.82) is 0 Å². The third-order valence-electron chi connectivity index (χ3n) is 2.61. The Morgan fingerprint density at radius 2 is 2.00 bits per heavy atom. The maximum atomic E-state index is 12.0. The van der Waals surface area contributed by atoms with E-state index in [0.29, 0.717) is 16.9 Å². The molecule has 1 heterocycles. The molecular weight excluding hydrogens is 228 g/mol. The molecule has 2 rings (SSSR count). The van der Waals surface area contributed by atoms with Gasteiger partial charge in [-0.15, -0.1) is 0 Å². The average Bonchev–Trinajstić information content (AvgIpc) is 2.40. The predicted octanol–water partition coefficient (Wildman–Crippen LogP) is 2.13. The summed E-state index contributed by atoms with van der Waals surface area (Å²) in [7, 11) is 0. The highest BCUT2D eigenvalue weighted by molar-refractivity contribution is 6.04. The number of nitrogens with one attached hydrogen (secondary N) is 1. The monoisotopic (exact) mass is 242 g/mol. The topological polar surface area (TPSA) is 62.2 Å². The summed E-state index contributed by atoms with van der Waals surface area (Å²) in [6.07, 6.45) is 1.57. The molecule has 92 valence electrons. The van der Waals surface area contributed by atoms with Crippen LogP contribution in [0.2, 0.25) is 0 Å². The second-order valence-corrected chi connectivity index (χ2v) is 3.99. The van der Waals surface area contributed by atoms with Crippen molar-refractivity contribution in [2.75, 3.05) is 5.32 Å². The highest BCUT2D eigenvalue weighted by atomic mass is 16.3. The summed E-state index contributed by atoms with van der Waals surface area (Å²) in [4.78, 5) is 16.0. The zero-order valence-electron chi connectivity index (χ0n) is 10.1. The summed E-state index contributed by atoms with van der Waals surface area (Å²) in [6.45, 7) is 1.81. The van der Waals surface area contributed by atoms with E-state index in [9.17, 15) is 4.79 Å². The maximum Gasteiger partial charge on any atom is 0.256 e. The standard InChI is InChI=1S/C14H14N2O2/c1-10-4-6-11(7-5-10)14(18)16-13-12(9-17)3-2-8-15-13/h2-8,17H,9H2,1H3,(H,15,16,18). The number of nitrogens with zero attached hydrogens (tertiary/aromatic N) is 1. The molecule has 4 heteroatoms. The fourth-order valence-electron chi connectivity index (χ4n) is 1.56. The molecule has 1 aromatic heterocycles. The van der Waals surface area contributed by atoms with Gasteiger partial charge in [0.2, 0.25) is 0 Å². The number of anilines is 1. The van der Waals surface area contributed by atoms with Crippen molar-refractivity contribution in [3.05, 3.63) is 59.3 Å². The number of rotatable bonds is 3. The fraction of sp³-hybridized carbons (Fsp3) is 0.143. The summed E-state index contributed by atoms with van der Waals surface area (Å²) in [5, 5.41) is 11.8. The van der Waals surface area contributed by atoms with Gasteiger partial charge >= 0.3 is 0 Å². The molecular formula is C14H14N2O2. The number of carbonyl (C=O) groups excluding carboxylic acids is 1. The Morgan fingerprint density at radius 3 is 2.67 bits per heavy atom. The van der Waals surface area contributed by atoms with Gasteiger partial charge in [-0.1, -0.05) is 23.8 Å². The lowest BCUT2D eigenvalue weighted by molar-refractivity contribution is 0.102. The van der Waals surface area contributed by atoms with Gasteiger partial charge < -0.3 is 10.4 Å². The van der Waals surface area contributed by atoms with Crippen LogP contribution in [0.25, 0.3) is 0 Å². The highest BCUT2D eigenvalue weighted by Crippen LogP contribution is 2.13. The molecule has 4 nitrogen and oxygen atoms in total. The third kappa shape index (κ3) is 2.73. The van der Waals surface area contributed by atoms with E-state index in [1.54, 1.807) is 30.5 Å². The number of aryl methyl sites for hydroxylation is 1. The number of aliphatic hydroxyl groups is 1. The van der Waals surface area contributed by atoms with Crippen molar-refractivity contribution in [3.63, 3.8) is 0 Å². The molecule has 18 heavy (non-hydrogen) atoms. The summed E-state index contributed by atoms with van der Waals surface area (Å²) in [6, 6.07) is 10.7. The lowest BCUT2D eigenvalue weighted by Crippen LogP contribution is -2.14. The average molecular weight is 242 g/mol. The molecule has 2 aromatic rings. The normalized spacial score (nSPS) is 10.1. The Balaban J connectivity index is 2.18. The van der Waals surface area contributed by atoms with E-state index in [2.05, 4.69) is 10.3 Å². The van der Waals surface area contributed by atoms with E-state index in [-0.39, 0.29) is 12.5 Å². The van der Waals surface area contributed by atoms with Crippen LogP contribution in [-0.2, 0) is 6.61 Å². The lowest BCUT2D eigenvalue weighted by Gasteiger charge is -2.08. The molecule has 0 unspecified atom stereocenters. The zero-order valence-corrected chi connectivity index (χ0v) is 10.1. The number of amides is 1. The first kappa shape index (κ1) is 12.3. The minimum atomic E-state index is -0.233. The molecule has 0 radical (unpaired) electrons. The lowest BCUT2D eigenvalue weighted by atomic mass is 10.1. The first-order valence-electron chi connectivity index (χ1n) is 5.63. The molecule has 0 aliphatic carbocycles. The number of aliphatic hydroxyl groups excluding tert-OH is 1. The Hall–Kier alpha value is -2.20. The molecule has 1 amide bonds. The Morgan fingerprint density at radius 1 is 1.28 bits per heavy atom. The number of carbonyl (C=O) groups is 1. The van der Waals surface area contributed by atoms with Gasteiger partial charge in [0.15, 0.2) is 0 Å². The Bertz CT molecular complexity index is 550. The van der Waals surface area contributed by atoms with Gasteiger partial charge in [-0.25, -0.2) is 4.98 Å². The van der Waals surface area contributed by atoms with Gasteiger partial charge in [-0.3, -0.25) is 4.79 Å². The van der Waals surface area contributed by atoms with Gasteiger partial charge in [-0.2, -0.15) is 0 Å². The highest BCUT2D eigenvalue weighted by Gasteiger charge is 2.09. The van der Waals surface area contributed by atoms with Crippen molar-refractivity contribution >= 4 is 11.7 Å². The molecule has 2 N–H and O–H groups in total. The van der Waals surface area contributed by atoms with Crippen molar-refractivity contribution in [3.8, 4) is 0 Å². The molecule has 0 atom stereocenters. The minimum Gasteiger partial charge on any atom is -0.392 e. The van der Waals surface area contributed by atoms with Gasteiger partial charge in [0.1, 0.15) is 5.82 Å². The summed E-state index contributed by atoms with van der Waals surface area (Å²) < 4.78 is 0. The van der Waals surface area contributed by atoms with Crippen molar-refractivity contribution < 1.29 is 9.90 Å². The van der Waals surface area contributed by atoms with E-state index in [1.165, 1.54) is 0 Å². The first-order valence-corrected chi connectivity index (χ1v) is 5.63. The van der Waals surface area contributed by atoms with E-state index < -0.39 is 0 Å². The van der Waals surface area contributed by atoms with Crippen molar-refractivity contribution in [2.24, 2.45) is 0 Å². The number of pyridine rings is 1. The van der Waals surface area contributed by atoms with Crippen LogP contribution in [0, 0.1) is 6.92 Å². The van der Waals surface area contributed by atoms with Gasteiger partial charge in [0, 0.05) is 17.3 Å². The summed E-state index contributed by atoms with van der Waals surface area (Å²) in [5.41, 5.74) is 2.26. The van der Waals surface area contributed by atoms with Crippen LogP contribution in [-0.4, -0.2) is 16.0 Å². The SMILES string of the molecule is Cc1ccc(C(=O)Nc2ncccc2CO)cc1. The van der Waals surface area contributed by atoms with Gasteiger partial charge in [0.05, 0.1) is 6.61 Å². The van der Waals surface area contributed by atoms with Crippen molar-refractivity contribution in [1.82, 2.24) is 4.98 Å². The third-order valence-corrected chi connectivity index (χ3v) is 2.61. The van der Waals surface area contributed by atoms with Gasteiger partial charge in [-0.05, 0) is 25.1 Å². The van der Waals surface area contributed by atoms with Crippen LogP contribution in [0.5, 0.6) is 0 Å². The zero-order chi connectivity index (χ0) is 13.0. The van der Waals surface area contributed by atoms with Gasteiger partial charge in [0.25, 0.3) is 5.91 Å². The Labute approximate surface area is 105 Å². The number of aromatic nitrogens is 1. The van der Waals surface area contributed by atoms with E-state index >= 15 is 0 Å². The van der Waals surface area contributed by atoms with Crippen molar-refractivity contribution in [2.45, 2.75) is 13.5 Å². The van der Waals surface area contributed by atoms with Crippen LogP contribution in [0.4, 0.5) is 5.82 Å². The quantitative estimate of drug-likeness (QED) is 0.866. The number of hydrogen-bond donors (Lipinski definition) is 2. The summed E-state index contributed by atoms with van der Waals surface area (Å²) >= 11 is 0. The molecule has 0 aliphatic rings.